The van der Waals surface area contributed by atoms with E-state index < -0.39 is 11.2 Å². The minimum atomic E-state index is -0.667. The number of rotatable bonds is 6. The summed E-state index contributed by atoms with van der Waals surface area (Å²) in [6.45, 7) is 4.36. The number of carbonyl (C=O) groups is 1. The minimum absolute atomic E-state index is 0.00241. The third-order valence-corrected chi connectivity index (χ3v) is 5.15. The van der Waals surface area contributed by atoms with Crippen molar-refractivity contribution in [2.75, 3.05) is 17.2 Å². The van der Waals surface area contributed by atoms with Crippen LogP contribution in [0.2, 0.25) is 0 Å². The average Bonchev–Trinajstić information content (AvgIpc) is 3.12. The molecule has 0 unspecified atom stereocenters. The Kier molecular flexibility index (Phi) is 5.41. The SMILES string of the molecule is CCCCn1c(N)c(N(CC)C(=O)c2ccc3ncsc3c2)c(=O)[nH]c1=O. The van der Waals surface area contributed by atoms with Gasteiger partial charge in [-0.3, -0.25) is 19.1 Å². The third kappa shape index (κ3) is 3.50. The summed E-state index contributed by atoms with van der Waals surface area (Å²) in [6, 6.07) is 5.18. The lowest BCUT2D eigenvalue weighted by atomic mass is 10.1. The van der Waals surface area contributed by atoms with Crippen molar-refractivity contribution in [2.45, 2.75) is 33.2 Å². The number of aromatic amines is 1. The van der Waals surface area contributed by atoms with Crippen molar-refractivity contribution in [3.05, 3.63) is 50.1 Å². The summed E-state index contributed by atoms with van der Waals surface area (Å²) in [7, 11) is 0. The Hall–Kier alpha value is -2.94. The summed E-state index contributed by atoms with van der Waals surface area (Å²) in [5.41, 5.74) is 7.85. The van der Waals surface area contributed by atoms with Crippen molar-refractivity contribution >= 4 is 39.0 Å². The van der Waals surface area contributed by atoms with Crippen molar-refractivity contribution in [2.24, 2.45) is 0 Å². The van der Waals surface area contributed by atoms with Gasteiger partial charge in [0.05, 0.1) is 15.7 Å². The Balaban J connectivity index is 2.07. The zero-order chi connectivity index (χ0) is 19.6. The number of hydrogen-bond acceptors (Lipinski definition) is 6. The number of benzene rings is 1. The molecule has 3 rings (SSSR count). The molecule has 0 aliphatic rings. The fourth-order valence-electron chi connectivity index (χ4n) is 2.92. The Morgan fingerprint density at radius 1 is 1.33 bits per heavy atom. The van der Waals surface area contributed by atoms with E-state index in [1.54, 1.807) is 30.6 Å². The summed E-state index contributed by atoms with van der Waals surface area (Å²) in [6.07, 6.45) is 1.60. The third-order valence-electron chi connectivity index (χ3n) is 4.36. The van der Waals surface area contributed by atoms with Gasteiger partial charge in [-0.1, -0.05) is 13.3 Å². The van der Waals surface area contributed by atoms with Crippen molar-refractivity contribution < 1.29 is 4.79 Å². The van der Waals surface area contributed by atoms with Crippen molar-refractivity contribution in [1.82, 2.24) is 14.5 Å². The highest BCUT2D eigenvalue weighted by atomic mass is 32.1. The fraction of sp³-hybridized carbons (Fsp3) is 0.333. The molecule has 8 nitrogen and oxygen atoms in total. The van der Waals surface area contributed by atoms with E-state index in [-0.39, 0.29) is 24.0 Å². The number of thiazole rings is 1. The van der Waals surface area contributed by atoms with Crippen LogP contribution in [0.4, 0.5) is 11.5 Å². The zero-order valence-electron chi connectivity index (χ0n) is 15.2. The van der Waals surface area contributed by atoms with E-state index in [0.29, 0.717) is 12.1 Å². The van der Waals surface area contributed by atoms with Gasteiger partial charge in [-0.25, -0.2) is 9.78 Å². The molecule has 2 aromatic heterocycles. The molecule has 3 aromatic rings. The fourth-order valence-corrected chi connectivity index (χ4v) is 3.64. The lowest BCUT2D eigenvalue weighted by Crippen LogP contribution is -2.41. The van der Waals surface area contributed by atoms with Gasteiger partial charge in [0.2, 0.25) is 0 Å². The molecule has 3 N–H and O–H groups in total. The standard InChI is InChI=1S/C18H21N5O3S/c1-3-5-8-23-15(19)14(16(24)21-18(23)26)22(4-2)17(25)11-6-7-12-13(9-11)27-10-20-12/h6-7,9-10H,3-5,8,19H2,1-2H3,(H,21,24,26). The number of carbonyl (C=O) groups excluding carboxylic acids is 1. The average molecular weight is 387 g/mol. The predicted molar refractivity (Wildman–Crippen MR) is 108 cm³/mol. The van der Waals surface area contributed by atoms with Crippen LogP contribution in [0, 0.1) is 0 Å². The summed E-state index contributed by atoms with van der Waals surface area (Å²) in [5.74, 6) is -0.350. The number of aromatic nitrogens is 3. The maximum absolute atomic E-state index is 13.1. The van der Waals surface area contributed by atoms with Crippen LogP contribution in [0.15, 0.2) is 33.3 Å². The van der Waals surface area contributed by atoms with Crippen LogP contribution in [0.25, 0.3) is 10.2 Å². The van der Waals surface area contributed by atoms with Gasteiger partial charge in [0.15, 0.2) is 5.69 Å². The van der Waals surface area contributed by atoms with E-state index in [0.717, 1.165) is 23.1 Å². The lowest BCUT2D eigenvalue weighted by molar-refractivity contribution is 0.0988. The number of H-pyrrole nitrogens is 1. The van der Waals surface area contributed by atoms with Gasteiger partial charge in [0, 0.05) is 18.7 Å². The lowest BCUT2D eigenvalue weighted by Gasteiger charge is -2.23. The topological polar surface area (TPSA) is 114 Å². The van der Waals surface area contributed by atoms with E-state index >= 15 is 0 Å². The normalized spacial score (nSPS) is 11.0. The van der Waals surface area contributed by atoms with Gasteiger partial charge in [-0.2, -0.15) is 0 Å². The van der Waals surface area contributed by atoms with Crippen LogP contribution < -0.4 is 21.9 Å². The first kappa shape index (κ1) is 18.8. The first-order valence-corrected chi connectivity index (χ1v) is 9.63. The number of amides is 1. The maximum Gasteiger partial charge on any atom is 0.330 e. The smallest absolute Gasteiger partial charge is 0.330 e. The second kappa shape index (κ2) is 7.75. The van der Waals surface area contributed by atoms with Crippen molar-refractivity contribution in [1.29, 1.82) is 0 Å². The number of fused-ring (bicyclic) bond motifs is 1. The maximum atomic E-state index is 13.1. The van der Waals surface area contributed by atoms with E-state index in [2.05, 4.69) is 9.97 Å². The summed E-state index contributed by atoms with van der Waals surface area (Å²) in [5, 5.41) is 0. The molecule has 0 saturated heterocycles. The molecule has 27 heavy (non-hydrogen) atoms. The van der Waals surface area contributed by atoms with Gasteiger partial charge in [0.25, 0.3) is 11.5 Å². The predicted octanol–water partition coefficient (Wildman–Crippen LogP) is 2.20. The Morgan fingerprint density at radius 3 is 2.81 bits per heavy atom. The van der Waals surface area contributed by atoms with Crippen LogP contribution in [0.3, 0.4) is 0 Å². The molecule has 9 heteroatoms. The Labute approximate surface area is 159 Å². The molecule has 1 aromatic carbocycles. The summed E-state index contributed by atoms with van der Waals surface area (Å²) < 4.78 is 2.19. The van der Waals surface area contributed by atoms with Gasteiger partial charge < -0.3 is 10.6 Å². The summed E-state index contributed by atoms with van der Waals surface area (Å²) >= 11 is 1.43. The van der Waals surface area contributed by atoms with Crippen LogP contribution in [0.5, 0.6) is 0 Å². The molecule has 0 spiro atoms. The van der Waals surface area contributed by atoms with Gasteiger partial charge >= 0.3 is 5.69 Å². The molecule has 2 heterocycles. The summed E-state index contributed by atoms with van der Waals surface area (Å²) in [4.78, 5) is 45.4. The van der Waals surface area contributed by atoms with Gasteiger partial charge in [-0.15, -0.1) is 11.3 Å². The van der Waals surface area contributed by atoms with Crippen LogP contribution in [-0.2, 0) is 6.54 Å². The molecule has 0 saturated carbocycles. The van der Waals surface area contributed by atoms with Gasteiger partial charge in [-0.05, 0) is 31.5 Å². The molecular formula is C18H21N5O3S. The quantitative estimate of drug-likeness (QED) is 0.673. The first-order valence-electron chi connectivity index (χ1n) is 8.75. The molecular weight excluding hydrogens is 366 g/mol. The number of hydrogen-bond donors (Lipinski definition) is 2. The zero-order valence-corrected chi connectivity index (χ0v) is 16.0. The molecule has 0 radical (unpaired) electrons. The molecule has 0 aliphatic heterocycles. The highest BCUT2D eigenvalue weighted by molar-refractivity contribution is 7.16. The van der Waals surface area contributed by atoms with Crippen LogP contribution >= 0.6 is 11.3 Å². The highest BCUT2D eigenvalue weighted by Crippen LogP contribution is 2.23. The monoisotopic (exact) mass is 387 g/mol. The second-order valence-corrected chi connectivity index (χ2v) is 6.97. The van der Waals surface area contributed by atoms with E-state index in [1.165, 1.54) is 20.8 Å². The molecule has 0 atom stereocenters. The number of nitrogens with one attached hydrogen (secondary N) is 1. The number of anilines is 2. The van der Waals surface area contributed by atoms with E-state index in [9.17, 15) is 14.4 Å². The number of nitrogen functional groups attached to an aromatic ring is 1. The van der Waals surface area contributed by atoms with Crippen molar-refractivity contribution in [3.63, 3.8) is 0 Å². The number of nitrogens with zero attached hydrogens (tertiary/aromatic N) is 3. The van der Waals surface area contributed by atoms with Crippen LogP contribution in [0.1, 0.15) is 37.0 Å². The minimum Gasteiger partial charge on any atom is -0.383 e. The first-order chi connectivity index (χ1) is 13.0. The number of unbranched alkanes of at least 4 members (excludes halogenated alkanes) is 1. The number of nitrogens with two attached hydrogens (primary N) is 1. The molecule has 0 aliphatic carbocycles. The molecule has 0 bridgehead atoms. The Bertz CT molecular complexity index is 1100. The molecule has 1 amide bonds. The van der Waals surface area contributed by atoms with E-state index in [4.69, 9.17) is 5.73 Å². The van der Waals surface area contributed by atoms with Crippen LogP contribution in [-0.4, -0.2) is 27.0 Å². The second-order valence-electron chi connectivity index (χ2n) is 6.08. The largest absolute Gasteiger partial charge is 0.383 e. The Morgan fingerprint density at radius 2 is 2.11 bits per heavy atom. The van der Waals surface area contributed by atoms with Crippen molar-refractivity contribution in [3.8, 4) is 0 Å². The highest BCUT2D eigenvalue weighted by Gasteiger charge is 2.24. The molecule has 142 valence electrons. The van der Waals surface area contributed by atoms with E-state index in [1.807, 2.05) is 6.92 Å². The molecule has 0 fully saturated rings. The van der Waals surface area contributed by atoms with Gasteiger partial charge in [0.1, 0.15) is 5.82 Å².